The van der Waals surface area contributed by atoms with Crippen molar-refractivity contribution in [1.82, 2.24) is 10.2 Å². The van der Waals surface area contributed by atoms with E-state index in [1.807, 2.05) is 30.3 Å². The number of hydrogen-bond donors (Lipinski definition) is 1. The summed E-state index contributed by atoms with van der Waals surface area (Å²) in [6.45, 7) is 1.36. The topological polar surface area (TPSA) is 96.0 Å². The first kappa shape index (κ1) is 30.6. The number of carbonyl (C=O) groups excluding carboxylic acids is 2. The molecule has 0 aliphatic rings. The number of hydrogen-bond acceptors (Lipinski definition) is 5. The molecule has 0 saturated carbocycles. The highest BCUT2D eigenvalue weighted by molar-refractivity contribution is 7.92. The molecule has 4 rings (SSSR count). The normalized spacial score (nSPS) is 11.8. The van der Waals surface area contributed by atoms with Crippen LogP contribution in [-0.4, -0.2) is 44.8 Å². The van der Waals surface area contributed by atoms with Crippen LogP contribution in [0.2, 0.25) is 5.02 Å². The van der Waals surface area contributed by atoms with Gasteiger partial charge in [-0.05, 0) is 72.6 Å². The van der Waals surface area contributed by atoms with E-state index in [1.165, 1.54) is 24.1 Å². The van der Waals surface area contributed by atoms with Crippen LogP contribution in [-0.2, 0) is 26.2 Å². The average molecular weight is 606 g/mol. The molecule has 2 amide bonds. The van der Waals surface area contributed by atoms with Crippen LogP contribution in [0.1, 0.15) is 18.9 Å². The molecule has 1 atom stereocenters. The second kappa shape index (κ2) is 14.0. The molecule has 0 saturated heterocycles. The Morgan fingerprint density at radius 2 is 1.40 bits per heavy atom. The minimum absolute atomic E-state index is 0.0324. The van der Waals surface area contributed by atoms with Gasteiger partial charge >= 0.3 is 0 Å². The zero-order valence-electron chi connectivity index (χ0n) is 23.3. The van der Waals surface area contributed by atoms with Gasteiger partial charge in [-0.2, -0.15) is 0 Å². The van der Waals surface area contributed by atoms with Crippen molar-refractivity contribution in [3.63, 3.8) is 0 Å². The summed E-state index contributed by atoms with van der Waals surface area (Å²) in [4.78, 5) is 28.3. The Balaban J connectivity index is 1.70. The summed E-state index contributed by atoms with van der Waals surface area (Å²) in [5.74, 6) is 0.249. The molecule has 42 heavy (non-hydrogen) atoms. The number of sulfonamides is 1. The highest BCUT2D eigenvalue weighted by Gasteiger charge is 2.33. The molecule has 0 spiro atoms. The number of likely N-dealkylation sites (N-methyl/N-ethyl adjacent to an activating group) is 1. The molecule has 4 aromatic rings. The van der Waals surface area contributed by atoms with E-state index >= 15 is 0 Å². The number of para-hydroxylation sites is 1. The SMILES string of the molecule is CC[C@@H](C(=O)NC)N(Cc1ccc(Cl)cc1)C(=O)CN(c1ccc(Oc2ccccc2)cc1)S(=O)(=O)c1ccccc1. The highest BCUT2D eigenvalue weighted by Crippen LogP contribution is 2.28. The third kappa shape index (κ3) is 7.48. The zero-order chi connectivity index (χ0) is 30.1. The van der Waals surface area contributed by atoms with Gasteiger partial charge in [-0.25, -0.2) is 8.42 Å². The summed E-state index contributed by atoms with van der Waals surface area (Å²) in [5, 5.41) is 3.15. The molecule has 0 unspecified atom stereocenters. The number of halogens is 1. The first-order valence-corrected chi connectivity index (χ1v) is 15.2. The lowest BCUT2D eigenvalue weighted by atomic mass is 10.1. The van der Waals surface area contributed by atoms with Crippen molar-refractivity contribution >= 4 is 39.1 Å². The number of nitrogens with zero attached hydrogens (tertiary/aromatic N) is 2. The quantitative estimate of drug-likeness (QED) is 0.218. The Kier molecular flexibility index (Phi) is 10.2. The van der Waals surface area contributed by atoms with Crippen molar-refractivity contribution in [2.24, 2.45) is 0 Å². The molecule has 218 valence electrons. The Morgan fingerprint density at radius 1 is 0.833 bits per heavy atom. The third-order valence-electron chi connectivity index (χ3n) is 6.61. The standard InChI is InChI=1S/C32H32ClN3O5S/c1-3-30(32(38)34-2)35(22-24-14-16-25(33)17-15-24)31(37)23-36(42(39,40)29-12-8-5-9-13-29)26-18-20-28(21-19-26)41-27-10-6-4-7-11-27/h4-21,30H,3,22-23H2,1-2H3,(H,34,38)/t30-/m0/s1. The first-order valence-electron chi connectivity index (χ1n) is 13.4. The largest absolute Gasteiger partial charge is 0.457 e. The van der Waals surface area contributed by atoms with Gasteiger partial charge in [0.2, 0.25) is 11.8 Å². The zero-order valence-corrected chi connectivity index (χ0v) is 24.9. The summed E-state index contributed by atoms with van der Waals surface area (Å²) < 4.78 is 34.8. The second-order valence-corrected chi connectivity index (χ2v) is 11.7. The van der Waals surface area contributed by atoms with Gasteiger partial charge in [0.05, 0.1) is 10.6 Å². The maximum atomic E-state index is 14.0. The molecule has 0 radical (unpaired) electrons. The molecule has 0 aliphatic heterocycles. The molecular formula is C32H32ClN3O5S. The molecule has 0 heterocycles. The third-order valence-corrected chi connectivity index (χ3v) is 8.65. The Hall–Kier alpha value is -4.34. The molecule has 8 nitrogen and oxygen atoms in total. The highest BCUT2D eigenvalue weighted by atomic mass is 35.5. The molecule has 4 aromatic carbocycles. The van der Waals surface area contributed by atoms with Crippen molar-refractivity contribution in [2.75, 3.05) is 17.9 Å². The fourth-order valence-corrected chi connectivity index (χ4v) is 5.99. The summed E-state index contributed by atoms with van der Waals surface area (Å²) >= 11 is 6.05. The van der Waals surface area contributed by atoms with E-state index in [2.05, 4.69) is 5.32 Å². The number of amides is 2. The van der Waals surface area contributed by atoms with Crippen molar-refractivity contribution in [2.45, 2.75) is 30.8 Å². The first-order chi connectivity index (χ1) is 20.2. The van der Waals surface area contributed by atoms with Crippen LogP contribution in [0.15, 0.2) is 114 Å². The van der Waals surface area contributed by atoms with Crippen LogP contribution < -0.4 is 14.4 Å². The fraction of sp³-hybridized carbons (Fsp3) is 0.188. The maximum Gasteiger partial charge on any atom is 0.264 e. The van der Waals surface area contributed by atoms with Gasteiger partial charge in [0.25, 0.3) is 10.0 Å². The van der Waals surface area contributed by atoms with Crippen LogP contribution in [0.3, 0.4) is 0 Å². The summed E-state index contributed by atoms with van der Waals surface area (Å²) in [6, 6.07) is 29.7. The van der Waals surface area contributed by atoms with Gasteiger partial charge < -0.3 is 15.0 Å². The van der Waals surface area contributed by atoms with E-state index in [-0.39, 0.29) is 23.0 Å². The lowest BCUT2D eigenvalue weighted by Gasteiger charge is -2.33. The van der Waals surface area contributed by atoms with Gasteiger partial charge in [-0.1, -0.05) is 67.1 Å². The minimum atomic E-state index is -4.16. The van der Waals surface area contributed by atoms with E-state index in [1.54, 1.807) is 73.7 Å². The molecule has 0 aromatic heterocycles. The van der Waals surface area contributed by atoms with Gasteiger partial charge in [-0.15, -0.1) is 0 Å². The minimum Gasteiger partial charge on any atom is -0.457 e. The molecule has 0 aliphatic carbocycles. The van der Waals surface area contributed by atoms with Crippen LogP contribution in [0, 0.1) is 0 Å². The lowest BCUT2D eigenvalue weighted by molar-refractivity contribution is -0.140. The molecule has 0 fully saturated rings. The Labute approximate surface area is 251 Å². The predicted octanol–water partition coefficient (Wildman–Crippen LogP) is 5.88. The van der Waals surface area contributed by atoms with Crippen LogP contribution in [0.5, 0.6) is 11.5 Å². The van der Waals surface area contributed by atoms with E-state index in [9.17, 15) is 18.0 Å². The van der Waals surface area contributed by atoms with Crippen molar-refractivity contribution in [3.8, 4) is 11.5 Å². The summed E-state index contributed by atoms with van der Waals surface area (Å²) in [7, 11) is -2.66. The monoisotopic (exact) mass is 605 g/mol. The lowest BCUT2D eigenvalue weighted by Crippen LogP contribution is -2.51. The number of anilines is 1. The van der Waals surface area contributed by atoms with Crippen molar-refractivity contribution in [1.29, 1.82) is 0 Å². The molecular weight excluding hydrogens is 574 g/mol. The van der Waals surface area contributed by atoms with E-state index in [0.717, 1.165) is 9.87 Å². The van der Waals surface area contributed by atoms with Crippen molar-refractivity contribution in [3.05, 3.63) is 120 Å². The van der Waals surface area contributed by atoms with Gasteiger partial charge in [0.1, 0.15) is 24.1 Å². The Bertz CT molecular complexity index is 1580. The van der Waals surface area contributed by atoms with E-state index in [0.29, 0.717) is 22.9 Å². The number of nitrogens with one attached hydrogen (secondary N) is 1. The van der Waals surface area contributed by atoms with Gasteiger partial charge in [0, 0.05) is 18.6 Å². The van der Waals surface area contributed by atoms with E-state index < -0.39 is 28.5 Å². The summed E-state index contributed by atoms with van der Waals surface area (Å²) in [5.41, 5.74) is 1.02. The van der Waals surface area contributed by atoms with Crippen molar-refractivity contribution < 1.29 is 22.7 Å². The predicted molar refractivity (Wildman–Crippen MR) is 164 cm³/mol. The van der Waals surface area contributed by atoms with Crippen LogP contribution in [0.25, 0.3) is 0 Å². The van der Waals surface area contributed by atoms with Gasteiger partial charge in [-0.3, -0.25) is 13.9 Å². The maximum absolute atomic E-state index is 14.0. The smallest absolute Gasteiger partial charge is 0.264 e. The molecule has 0 bridgehead atoms. The molecule has 10 heteroatoms. The van der Waals surface area contributed by atoms with Crippen LogP contribution in [0.4, 0.5) is 5.69 Å². The number of ether oxygens (including phenoxy) is 1. The number of carbonyl (C=O) groups is 2. The summed E-state index contributed by atoms with van der Waals surface area (Å²) in [6.07, 6.45) is 0.329. The van der Waals surface area contributed by atoms with Crippen LogP contribution >= 0.6 is 11.6 Å². The van der Waals surface area contributed by atoms with Gasteiger partial charge in [0.15, 0.2) is 0 Å². The second-order valence-electron chi connectivity index (χ2n) is 9.42. The fourth-order valence-electron chi connectivity index (χ4n) is 4.43. The van der Waals surface area contributed by atoms with E-state index in [4.69, 9.17) is 16.3 Å². The Morgan fingerprint density at radius 3 is 1.98 bits per heavy atom. The number of rotatable bonds is 12. The number of benzene rings is 4. The average Bonchev–Trinajstić information content (AvgIpc) is 3.01. The molecule has 1 N–H and O–H groups in total.